The number of hydrogen-bond acceptors (Lipinski definition) is 4. The van der Waals surface area contributed by atoms with E-state index < -0.39 is 0 Å². The highest BCUT2D eigenvalue weighted by Crippen LogP contribution is 2.34. The summed E-state index contributed by atoms with van der Waals surface area (Å²) in [6.07, 6.45) is 1.44. The van der Waals surface area contributed by atoms with Crippen molar-refractivity contribution in [1.29, 1.82) is 0 Å². The lowest BCUT2D eigenvalue weighted by Crippen LogP contribution is -2.26. The second-order valence-corrected chi connectivity index (χ2v) is 5.03. The number of carbonyl (C=O) groups excluding carboxylic acids is 1. The van der Waals surface area contributed by atoms with Gasteiger partial charge in [-0.25, -0.2) is 4.98 Å². The van der Waals surface area contributed by atoms with Crippen molar-refractivity contribution < 1.29 is 4.79 Å². The molecule has 0 aliphatic carbocycles. The van der Waals surface area contributed by atoms with Crippen LogP contribution >= 0.6 is 11.8 Å². The van der Waals surface area contributed by atoms with Crippen LogP contribution in [0, 0.1) is 0 Å². The fraction of sp³-hybridized carbons (Fsp3) is 0.250. The summed E-state index contributed by atoms with van der Waals surface area (Å²) in [6.45, 7) is 0. The van der Waals surface area contributed by atoms with Gasteiger partial charge in [0.05, 0.1) is 0 Å². The molecule has 2 aromatic rings. The maximum absolute atomic E-state index is 12.2. The van der Waals surface area contributed by atoms with Gasteiger partial charge in [0.1, 0.15) is 11.6 Å². The van der Waals surface area contributed by atoms with E-state index in [4.69, 9.17) is 0 Å². The van der Waals surface area contributed by atoms with Crippen LogP contribution in [0.25, 0.3) is 0 Å². The largest absolute Gasteiger partial charge is 0.348 e. The Morgan fingerprint density at radius 3 is 2.61 bits per heavy atom. The van der Waals surface area contributed by atoms with Crippen molar-refractivity contribution in [2.24, 2.45) is 0 Å². The highest BCUT2D eigenvalue weighted by atomic mass is 32.2. The average Bonchev–Trinajstić information content (AvgIpc) is 2.89. The molecule has 0 aliphatic heterocycles. The molecule has 5 nitrogen and oxygen atoms in total. The molecule has 0 unspecified atom stereocenters. The molecular formula is C12H14N4OS. The third-order valence-electron chi connectivity index (χ3n) is 2.39. The first kappa shape index (κ1) is 12.6. The molecule has 18 heavy (non-hydrogen) atoms. The summed E-state index contributed by atoms with van der Waals surface area (Å²) in [7, 11) is 3.50. The molecule has 1 aromatic carbocycles. The van der Waals surface area contributed by atoms with E-state index in [0.29, 0.717) is 5.16 Å². The van der Waals surface area contributed by atoms with Gasteiger partial charge < -0.3 is 4.90 Å². The van der Waals surface area contributed by atoms with Gasteiger partial charge in [0, 0.05) is 14.1 Å². The zero-order chi connectivity index (χ0) is 13.0. The molecule has 94 valence electrons. The number of likely N-dealkylation sites (N-methyl/N-ethyl adjacent to an activating group) is 1. The van der Waals surface area contributed by atoms with Crippen LogP contribution in [0.1, 0.15) is 10.8 Å². The van der Waals surface area contributed by atoms with Gasteiger partial charge in [-0.1, -0.05) is 42.1 Å². The Morgan fingerprint density at radius 2 is 2.06 bits per heavy atom. The number of hydrogen-bond donors (Lipinski definition) is 1. The first-order valence-electron chi connectivity index (χ1n) is 5.46. The van der Waals surface area contributed by atoms with Crippen molar-refractivity contribution in [2.75, 3.05) is 14.1 Å². The SMILES string of the molecule is CN(C)C(=O)[C@@H](Sc1ncn[nH]1)c1ccccc1. The van der Waals surface area contributed by atoms with Crippen LogP contribution < -0.4 is 0 Å². The van der Waals surface area contributed by atoms with Gasteiger partial charge in [0.15, 0.2) is 5.16 Å². The number of nitrogens with one attached hydrogen (secondary N) is 1. The standard InChI is InChI=1S/C12H14N4OS/c1-16(2)11(17)10(9-6-4-3-5-7-9)18-12-13-8-14-15-12/h3-8,10H,1-2H3,(H,13,14,15)/t10-/m0/s1. The van der Waals surface area contributed by atoms with Crippen LogP contribution in [0.4, 0.5) is 0 Å². The van der Waals surface area contributed by atoms with E-state index >= 15 is 0 Å². The highest BCUT2D eigenvalue weighted by Gasteiger charge is 2.24. The number of nitrogens with zero attached hydrogens (tertiary/aromatic N) is 3. The minimum Gasteiger partial charge on any atom is -0.348 e. The Balaban J connectivity index is 2.26. The number of aromatic nitrogens is 3. The predicted molar refractivity (Wildman–Crippen MR) is 70.1 cm³/mol. The molecule has 1 N–H and O–H groups in total. The van der Waals surface area contributed by atoms with E-state index in [1.807, 2.05) is 30.3 Å². The normalized spacial score (nSPS) is 12.1. The number of rotatable bonds is 4. The quantitative estimate of drug-likeness (QED) is 0.852. The molecule has 1 aromatic heterocycles. The smallest absolute Gasteiger partial charge is 0.240 e. The summed E-state index contributed by atoms with van der Waals surface area (Å²) in [6, 6.07) is 9.66. The maximum Gasteiger partial charge on any atom is 0.240 e. The van der Waals surface area contributed by atoms with Crippen LogP contribution in [0.5, 0.6) is 0 Å². The topological polar surface area (TPSA) is 61.9 Å². The summed E-state index contributed by atoms with van der Waals surface area (Å²) in [5.41, 5.74) is 0.956. The zero-order valence-corrected chi connectivity index (χ0v) is 11.0. The Kier molecular flexibility index (Phi) is 3.99. The lowest BCUT2D eigenvalue weighted by Gasteiger charge is -2.19. The van der Waals surface area contributed by atoms with Crippen molar-refractivity contribution in [3.8, 4) is 0 Å². The maximum atomic E-state index is 12.2. The van der Waals surface area contributed by atoms with Gasteiger partial charge in [-0.05, 0) is 5.56 Å². The Labute approximate surface area is 110 Å². The van der Waals surface area contributed by atoms with E-state index in [9.17, 15) is 4.79 Å². The van der Waals surface area contributed by atoms with E-state index in [-0.39, 0.29) is 11.2 Å². The molecule has 2 rings (SSSR count). The van der Waals surface area contributed by atoms with Crippen molar-refractivity contribution >= 4 is 17.7 Å². The van der Waals surface area contributed by atoms with Crippen LogP contribution in [-0.4, -0.2) is 40.1 Å². The molecule has 0 spiro atoms. The van der Waals surface area contributed by atoms with Crippen LogP contribution in [-0.2, 0) is 4.79 Å². The second kappa shape index (κ2) is 5.68. The molecule has 1 atom stereocenters. The zero-order valence-electron chi connectivity index (χ0n) is 10.2. The number of H-pyrrole nitrogens is 1. The third-order valence-corrected chi connectivity index (χ3v) is 3.52. The summed E-state index contributed by atoms with van der Waals surface area (Å²) in [5.74, 6) is 0.0302. The second-order valence-electron chi connectivity index (χ2n) is 3.93. The molecule has 0 saturated carbocycles. The number of aromatic amines is 1. The van der Waals surface area contributed by atoms with Crippen molar-refractivity contribution in [2.45, 2.75) is 10.4 Å². The van der Waals surface area contributed by atoms with E-state index in [2.05, 4.69) is 15.2 Å². The molecular weight excluding hydrogens is 248 g/mol. The van der Waals surface area contributed by atoms with E-state index in [0.717, 1.165) is 5.56 Å². The number of carbonyl (C=O) groups is 1. The van der Waals surface area contributed by atoms with Gasteiger partial charge >= 0.3 is 0 Å². The van der Waals surface area contributed by atoms with E-state index in [1.165, 1.54) is 18.1 Å². The first-order chi connectivity index (χ1) is 8.68. The number of thioether (sulfide) groups is 1. The minimum absolute atomic E-state index is 0.0302. The van der Waals surface area contributed by atoms with Crippen LogP contribution in [0.3, 0.4) is 0 Å². The molecule has 0 radical (unpaired) electrons. The summed E-state index contributed by atoms with van der Waals surface area (Å²) >= 11 is 1.36. The van der Waals surface area contributed by atoms with Crippen molar-refractivity contribution in [3.63, 3.8) is 0 Å². The first-order valence-corrected chi connectivity index (χ1v) is 6.34. The Morgan fingerprint density at radius 1 is 1.33 bits per heavy atom. The van der Waals surface area contributed by atoms with Gasteiger partial charge in [0.25, 0.3) is 0 Å². The molecule has 6 heteroatoms. The predicted octanol–water partition coefficient (Wildman–Crippen LogP) is 1.73. The molecule has 0 aliphatic rings. The number of benzene rings is 1. The third kappa shape index (κ3) is 2.89. The van der Waals surface area contributed by atoms with Gasteiger partial charge in [-0.3, -0.25) is 9.89 Å². The molecule has 1 heterocycles. The minimum atomic E-state index is -0.311. The average molecular weight is 262 g/mol. The fourth-order valence-electron chi connectivity index (χ4n) is 1.49. The molecule has 1 amide bonds. The Hall–Kier alpha value is -1.82. The Bertz CT molecular complexity index is 498. The van der Waals surface area contributed by atoms with Gasteiger partial charge in [-0.15, -0.1) is 0 Å². The highest BCUT2D eigenvalue weighted by molar-refractivity contribution is 8.00. The summed E-state index contributed by atoms with van der Waals surface area (Å²) < 4.78 is 0. The molecule has 0 bridgehead atoms. The van der Waals surface area contributed by atoms with Crippen molar-refractivity contribution in [1.82, 2.24) is 20.1 Å². The lowest BCUT2D eigenvalue weighted by atomic mass is 10.1. The van der Waals surface area contributed by atoms with Crippen LogP contribution in [0.2, 0.25) is 0 Å². The van der Waals surface area contributed by atoms with E-state index in [1.54, 1.807) is 19.0 Å². The summed E-state index contributed by atoms with van der Waals surface area (Å²) in [4.78, 5) is 17.8. The number of amides is 1. The molecule has 0 saturated heterocycles. The van der Waals surface area contributed by atoms with Gasteiger partial charge in [-0.2, -0.15) is 5.10 Å². The van der Waals surface area contributed by atoms with Crippen molar-refractivity contribution in [3.05, 3.63) is 42.2 Å². The monoisotopic (exact) mass is 262 g/mol. The fourth-order valence-corrected chi connectivity index (χ4v) is 2.53. The lowest BCUT2D eigenvalue weighted by molar-refractivity contribution is -0.128. The van der Waals surface area contributed by atoms with Gasteiger partial charge in [0.2, 0.25) is 5.91 Å². The molecule has 0 fully saturated rings. The summed E-state index contributed by atoms with van der Waals surface area (Å²) in [5, 5.41) is 6.88. The van der Waals surface area contributed by atoms with Crippen LogP contribution in [0.15, 0.2) is 41.8 Å².